The zero-order valence-corrected chi connectivity index (χ0v) is 16.1. The van der Waals surface area contributed by atoms with Crippen LogP contribution in [-0.4, -0.2) is 47.0 Å². The summed E-state index contributed by atoms with van der Waals surface area (Å²) in [6.45, 7) is 1.47. The number of benzene rings is 1. The van der Waals surface area contributed by atoms with Crippen LogP contribution in [0.5, 0.6) is 0 Å². The number of methoxy groups -OCH3 is 1. The SMILES string of the molecule is COC(=O)CNS(=O)(=O)c1cccc(NC(=O)CCC2CCNC2)c1.Cl. The number of esters is 1. The average molecular weight is 406 g/mol. The zero-order chi connectivity index (χ0) is 18.3. The van der Waals surface area contributed by atoms with Gasteiger partial charge < -0.3 is 15.4 Å². The van der Waals surface area contributed by atoms with Gasteiger partial charge in [0.25, 0.3) is 0 Å². The van der Waals surface area contributed by atoms with Gasteiger partial charge in [-0.1, -0.05) is 6.07 Å². The van der Waals surface area contributed by atoms with Crippen LogP contribution in [0.2, 0.25) is 0 Å². The Kier molecular flexibility index (Phi) is 9.00. The molecule has 3 N–H and O–H groups in total. The van der Waals surface area contributed by atoms with Crippen molar-refractivity contribution < 1.29 is 22.7 Å². The predicted octanol–water partition coefficient (Wildman–Crippen LogP) is 0.888. The number of halogens is 1. The fourth-order valence-corrected chi connectivity index (χ4v) is 3.58. The lowest BCUT2D eigenvalue weighted by Crippen LogP contribution is -2.30. The maximum Gasteiger partial charge on any atom is 0.320 e. The van der Waals surface area contributed by atoms with Gasteiger partial charge in [-0.05, 0) is 50.0 Å². The maximum absolute atomic E-state index is 12.2. The summed E-state index contributed by atoms with van der Waals surface area (Å²) in [6, 6.07) is 5.89. The van der Waals surface area contributed by atoms with Crippen LogP contribution in [0, 0.1) is 5.92 Å². The fourth-order valence-electron chi connectivity index (χ4n) is 2.57. The summed E-state index contributed by atoms with van der Waals surface area (Å²) < 4.78 is 30.8. The van der Waals surface area contributed by atoms with E-state index >= 15 is 0 Å². The summed E-state index contributed by atoms with van der Waals surface area (Å²) in [5.41, 5.74) is 0.399. The molecule has 1 saturated heterocycles. The third kappa shape index (κ3) is 6.91. The Bertz CT molecular complexity index is 720. The summed E-state index contributed by atoms with van der Waals surface area (Å²) >= 11 is 0. The van der Waals surface area contributed by atoms with E-state index in [0.717, 1.165) is 25.9 Å². The highest BCUT2D eigenvalue weighted by Gasteiger charge is 2.18. The number of anilines is 1. The lowest BCUT2D eigenvalue weighted by atomic mass is 10.0. The Hall–Kier alpha value is -1.68. The minimum atomic E-state index is -3.86. The molecule has 1 atom stereocenters. The molecule has 146 valence electrons. The first-order valence-electron chi connectivity index (χ1n) is 8.08. The van der Waals surface area contributed by atoms with Gasteiger partial charge in [-0.2, -0.15) is 4.72 Å². The Morgan fingerprint density at radius 2 is 2.12 bits per heavy atom. The van der Waals surface area contributed by atoms with Gasteiger partial charge in [-0.3, -0.25) is 9.59 Å². The normalized spacial score (nSPS) is 16.6. The van der Waals surface area contributed by atoms with Crippen LogP contribution >= 0.6 is 12.4 Å². The molecule has 8 nitrogen and oxygen atoms in total. The molecule has 0 aromatic heterocycles. The van der Waals surface area contributed by atoms with Crippen molar-refractivity contribution in [1.29, 1.82) is 0 Å². The number of hydrogen-bond acceptors (Lipinski definition) is 6. The first-order chi connectivity index (χ1) is 11.9. The summed E-state index contributed by atoms with van der Waals surface area (Å²) in [5.74, 6) is -0.321. The molecule has 2 rings (SSSR count). The van der Waals surface area contributed by atoms with Crippen molar-refractivity contribution in [2.24, 2.45) is 5.92 Å². The number of hydrogen-bond donors (Lipinski definition) is 3. The first kappa shape index (κ1) is 22.4. The summed E-state index contributed by atoms with van der Waals surface area (Å²) in [7, 11) is -2.68. The highest BCUT2D eigenvalue weighted by Crippen LogP contribution is 2.18. The number of ether oxygens (including phenoxy) is 1. The van der Waals surface area contributed by atoms with Crippen LogP contribution in [0.1, 0.15) is 19.3 Å². The Balaban J connectivity index is 0.00000338. The maximum atomic E-state index is 12.2. The molecule has 26 heavy (non-hydrogen) atoms. The fraction of sp³-hybridized carbons (Fsp3) is 0.500. The van der Waals surface area contributed by atoms with E-state index in [1.165, 1.54) is 25.3 Å². The molecule has 1 aliphatic rings. The number of carbonyl (C=O) groups excluding carboxylic acids is 2. The molecule has 1 fully saturated rings. The van der Waals surface area contributed by atoms with Gasteiger partial charge in [-0.25, -0.2) is 8.42 Å². The molecule has 1 aromatic rings. The monoisotopic (exact) mass is 405 g/mol. The van der Waals surface area contributed by atoms with Crippen molar-refractivity contribution in [3.63, 3.8) is 0 Å². The van der Waals surface area contributed by atoms with Gasteiger partial charge in [0.1, 0.15) is 6.54 Å². The van der Waals surface area contributed by atoms with Crippen LogP contribution in [-0.2, 0) is 24.3 Å². The van der Waals surface area contributed by atoms with E-state index in [-0.39, 0.29) is 23.2 Å². The Morgan fingerprint density at radius 1 is 1.35 bits per heavy atom. The van der Waals surface area contributed by atoms with E-state index in [0.29, 0.717) is 18.0 Å². The molecular formula is C16H24ClN3O5S. The van der Waals surface area contributed by atoms with E-state index in [1.807, 2.05) is 0 Å². The minimum absolute atomic E-state index is 0. The largest absolute Gasteiger partial charge is 0.468 e. The molecule has 1 unspecified atom stereocenters. The van der Waals surface area contributed by atoms with E-state index < -0.39 is 22.5 Å². The van der Waals surface area contributed by atoms with Crippen molar-refractivity contribution >= 4 is 40.0 Å². The predicted molar refractivity (Wildman–Crippen MR) is 99.7 cm³/mol. The second-order valence-corrected chi connectivity index (χ2v) is 7.64. The van der Waals surface area contributed by atoms with Gasteiger partial charge in [0.05, 0.1) is 12.0 Å². The van der Waals surface area contributed by atoms with Crippen molar-refractivity contribution in [2.45, 2.75) is 24.2 Å². The molecule has 0 spiro atoms. The average Bonchev–Trinajstić information content (AvgIpc) is 3.12. The topological polar surface area (TPSA) is 114 Å². The summed E-state index contributed by atoms with van der Waals surface area (Å²) in [4.78, 5) is 23.1. The number of carbonyl (C=O) groups is 2. The molecule has 1 heterocycles. The smallest absolute Gasteiger partial charge is 0.320 e. The van der Waals surface area contributed by atoms with Crippen LogP contribution in [0.25, 0.3) is 0 Å². The van der Waals surface area contributed by atoms with Crippen LogP contribution < -0.4 is 15.4 Å². The Labute approximate surface area is 159 Å². The van der Waals surface area contributed by atoms with Crippen molar-refractivity contribution in [3.05, 3.63) is 24.3 Å². The lowest BCUT2D eigenvalue weighted by Gasteiger charge is -2.10. The molecule has 1 aliphatic heterocycles. The van der Waals surface area contributed by atoms with E-state index in [2.05, 4.69) is 20.1 Å². The Morgan fingerprint density at radius 3 is 2.77 bits per heavy atom. The van der Waals surface area contributed by atoms with Gasteiger partial charge >= 0.3 is 5.97 Å². The second kappa shape index (κ2) is 10.5. The third-order valence-corrected chi connectivity index (χ3v) is 5.40. The quantitative estimate of drug-likeness (QED) is 0.553. The van der Waals surface area contributed by atoms with Crippen molar-refractivity contribution in [1.82, 2.24) is 10.0 Å². The molecular weight excluding hydrogens is 382 g/mol. The van der Waals surface area contributed by atoms with E-state index in [1.54, 1.807) is 6.07 Å². The van der Waals surface area contributed by atoms with Gasteiger partial charge in [-0.15, -0.1) is 12.4 Å². The number of amides is 1. The first-order valence-corrected chi connectivity index (χ1v) is 9.56. The van der Waals surface area contributed by atoms with Crippen molar-refractivity contribution in [3.8, 4) is 0 Å². The lowest BCUT2D eigenvalue weighted by molar-refractivity contribution is -0.139. The van der Waals surface area contributed by atoms with Gasteiger partial charge in [0.2, 0.25) is 15.9 Å². The number of nitrogens with one attached hydrogen (secondary N) is 3. The van der Waals surface area contributed by atoms with Gasteiger partial charge in [0, 0.05) is 12.1 Å². The highest BCUT2D eigenvalue weighted by molar-refractivity contribution is 7.89. The van der Waals surface area contributed by atoms with Crippen LogP contribution in [0.3, 0.4) is 0 Å². The van der Waals surface area contributed by atoms with Crippen LogP contribution in [0.4, 0.5) is 5.69 Å². The minimum Gasteiger partial charge on any atom is -0.468 e. The van der Waals surface area contributed by atoms with Crippen molar-refractivity contribution in [2.75, 3.05) is 32.1 Å². The molecule has 0 saturated carbocycles. The van der Waals surface area contributed by atoms with E-state index in [4.69, 9.17) is 0 Å². The van der Waals surface area contributed by atoms with E-state index in [9.17, 15) is 18.0 Å². The third-order valence-electron chi connectivity index (χ3n) is 4.00. The van der Waals surface area contributed by atoms with Gasteiger partial charge in [0.15, 0.2) is 0 Å². The molecule has 0 aliphatic carbocycles. The highest BCUT2D eigenvalue weighted by atomic mass is 35.5. The molecule has 1 aromatic carbocycles. The number of rotatable bonds is 8. The molecule has 10 heteroatoms. The standard InChI is InChI=1S/C16H23N3O5S.ClH/c1-24-16(21)11-18-25(22,23)14-4-2-3-13(9-14)19-15(20)6-5-12-7-8-17-10-12;/h2-4,9,12,17-18H,5-8,10-11H2,1H3,(H,19,20);1H. The molecule has 0 bridgehead atoms. The molecule has 0 radical (unpaired) electrons. The summed E-state index contributed by atoms with van der Waals surface area (Å²) in [6.07, 6.45) is 2.27. The zero-order valence-electron chi connectivity index (χ0n) is 14.5. The second-order valence-electron chi connectivity index (χ2n) is 5.87. The molecule has 1 amide bonds. The number of sulfonamides is 1. The summed E-state index contributed by atoms with van der Waals surface area (Å²) in [5, 5.41) is 5.97. The van der Waals surface area contributed by atoms with Crippen LogP contribution in [0.15, 0.2) is 29.2 Å².